The van der Waals surface area contributed by atoms with E-state index in [0.29, 0.717) is 18.7 Å². The molecule has 0 radical (unpaired) electrons. The normalized spacial score (nSPS) is 24.1. The van der Waals surface area contributed by atoms with Crippen molar-refractivity contribution in [2.75, 3.05) is 19.8 Å². The fourth-order valence-corrected chi connectivity index (χ4v) is 2.13. The number of aliphatic hydroxyl groups excluding tert-OH is 1. The fraction of sp³-hybridized carbons (Fsp3) is 0.462. The molecule has 0 aliphatic carbocycles. The Kier molecular flexibility index (Phi) is 4.27. The summed E-state index contributed by atoms with van der Waals surface area (Å²) >= 11 is 4.20. The summed E-state index contributed by atoms with van der Waals surface area (Å²) in [6.45, 7) is 2.77. The van der Waals surface area contributed by atoms with Crippen LogP contribution in [0.4, 0.5) is 0 Å². The summed E-state index contributed by atoms with van der Waals surface area (Å²) in [5.74, 6) is -0.0300. The molecule has 1 fully saturated rings. The molecule has 1 aromatic carbocycles. The minimum absolute atomic E-state index is 0.0241. The molecule has 1 aliphatic rings. The van der Waals surface area contributed by atoms with Crippen molar-refractivity contribution in [2.24, 2.45) is 0 Å². The predicted octanol–water partition coefficient (Wildman–Crippen LogP) is 1.20. The molecule has 1 saturated heterocycles. The lowest BCUT2D eigenvalue weighted by molar-refractivity contribution is -0.0667. The van der Waals surface area contributed by atoms with E-state index < -0.39 is 0 Å². The van der Waals surface area contributed by atoms with E-state index in [1.165, 1.54) is 0 Å². The highest BCUT2D eigenvalue weighted by atomic mass is 32.1. The van der Waals surface area contributed by atoms with Gasteiger partial charge in [-0.2, -0.15) is 0 Å². The molecule has 1 N–H and O–H groups in total. The first kappa shape index (κ1) is 13.4. The van der Waals surface area contributed by atoms with E-state index in [9.17, 15) is 4.79 Å². The number of carbonyl (C=O) groups is 1. The molecule has 1 aromatic rings. The fourth-order valence-electron chi connectivity index (χ4n) is 1.98. The van der Waals surface area contributed by atoms with Crippen molar-refractivity contribution in [3.05, 3.63) is 29.8 Å². The number of morpholine rings is 1. The second-order valence-corrected chi connectivity index (χ2v) is 5.01. The maximum atomic E-state index is 12.3. The summed E-state index contributed by atoms with van der Waals surface area (Å²) in [7, 11) is 0. The molecular formula is C13H17NO3S. The largest absolute Gasteiger partial charge is 0.394 e. The van der Waals surface area contributed by atoms with E-state index in [1.54, 1.807) is 29.2 Å². The molecule has 1 amide bonds. The van der Waals surface area contributed by atoms with E-state index in [-0.39, 0.29) is 24.7 Å². The third-order valence-electron chi connectivity index (χ3n) is 3.08. The van der Waals surface area contributed by atoms with E-state index in [2.05, 4.69) is 12.6 Å². The van der Waals surface area contributed by atoms with Crippen LogP contribution in [0.25, 0.3) is 0 Å². The number of ether oxygens (including phenoxy) is 1. The maximum Gasteiger partial charge on any atom is 0.254 e. The Bertz CT molecular complexity index is 421. The highest BCUT2D eigenvalue weighted by Gasteiger charge is 2.29. The first-order chi connectivity index (χ1) is 8.61. The minimum Gasteiger partial charge on any atom is -0.394 e. The Morgan fingerprint density at radius 2 is 2.17 bits per heavy atom. The lowest BCUT2D eigenvalue weighted by atomic mass is 10.1. The summed E-state index contributed by atoms with van der Waals surface area (Å²) < 4.78 is 5.42. The van der Waals surface area contributed by atoms with Gasteiger partial charge < -0.3 is 14.7 Å². The molecule has 18 heavy (non-hydrogen) atoms. The summed E-state index contributed by atoms with van der Waals surface area (Å²) in [5, 5.41) is 9.11. The SMILES string of the molecule is CC1COC(CO)CN1C(=O)c1ccc(S)cc1. The highest BCUT2D eigenvalue weighted by molar-refractivity contribution is 7.80. The van der Waals surface area contributed by atoms with Crippen molar-refractivity contribution in [3.8, 4) is 0 Å². The van der Waals surface area contributed by atoms with Gasteiger partial charge in [-0.15, -0.1) is 12.6 Å². The van der Waals surface area contributed by atoms with Gasteiger partial charge in [-0.3, -0.25) is 4.79 Å². The third kappa shape index (κ3) is 2.85. The molecule has 2 unspecified atom stereocenters. The molecule has 5 heteroatoms. The maximum absolute atomic E-state index is 12.3. The molecule has 1 aliphatic heterocycles. The van der Waals surface area contributed by atoms with Gasteiger partial charge in [0.1, 0.15) is 0 Å². The molecule has 0 spiro atoms. The quantitative estimate of drug-likeness (QED) is 0.792. The summed E-state index contributed by atoms with van der Waals surface area (Å²) in [4.78, 5) is 14.9. The second-order valence-electron chi connectivity index (χ2n) is 4.49. The van der Waals surface area contributed by atoms with Crippen LogP contribution in [0.15, 0.2) is 29.2 Å². The van der Waals surface area contributed by atoms with Crippen LogP contribution >= 0.6 is 12.6 Å². The van der Waals surface area contributed by atoms with Gasteiger partial charge in [0.2, 0.25) is 0 Å². The first-order valence-corrected chi connectivity index (χ1v) is 6.39. The van der Waals surface area contributed by atoms with Gasteiger partial charge in [0.05, 0.1) is 25.4 Å². The Labute approximate surface area is 112 Å². The molecule has 0 aromatic heterocycles. The topological polar surface area (TPSA) is 49.8 Å². The lowest BCUT2D eigenvalue weighted by Crippen LogP contribution is -2.52. The zero-order valence-corrected chi connectivity index (χ0v) is 11.1. The van der Waals surface area contributed by atoms with Gasteiger partial charge in [0.15, 0.2) is 0 Å². The second kappa shape index (κ2) is 5.73. The van der Waals surface area contributed by atoms with Gasteiger partial charge >= 0.3 is 0 Å². The summed E-state index contributed by atoms with van der Waals surface area (Å²) in [6, 6.07) is 7.15. The third-order valence-corrected chi connectivity index (χ3v) is 3.38. The molecule has 0 saturated carbocycles. The van der Waals surface area contributed by atoms with E-state index in [0.717, 1.165) is 4.90 Å². The molecule has 98 valence electrons. The molecule has 0 bridgehead atoms. The van der Waals surface area contributed by atoms with Crippen LogP contribution in [0.1, 0.15) is 17.3 Å². The number of rotatable bonds is 2. The average Bonchev–Trinajstić information content (AvgIpc) is 2.39. The number of hydrogen-bond donors (Lipinski definition) is 2. The van der Waals surface area contributed by atoms with Gasteiger partial charge in [-0.05, 0) is 31.2 Å². The Balaban J connectivity index is 2.13. The smallest absolute Gasteiger partial charge is 0.254 e. The number of nitrogens with zero attached hydrogens (tertiary/aromatic N) is 1. The van der Waals surface area contributed by atoms with Crippen LogP contribution in [-0.4, -0.2) is 47.8 Å². The van der Waals surface area contributed by atoms with E-state index >= 15 is 0 Å². The van der Waals surface area contributed by atoms with Crippen LogP contribution in [0.2, 0.25) is 0 Å². The number of benzene rings is 1. The van der Waals surface area contributed by atoms with Crippen molar-refractivity contribution in [2.45, 2.75) is 24.0 Å². The van der Waals surface area contributed by atoms with Crippen LogP contribution in [0.3, 0.4) is 0 Å². The number of carbonyl (C=O) groups excluding carboxylic acids is 1. The zero-order chi connectivity index (χ0) is 13.1. The van der Waals surface area contributed by atoms with E-state index in [1.807, 2.05) is 6.92 Å². The standard InChI is InChI=1S/C13H17NO3S/c1-9-8-17-11(7-15)6-14(9)13(16)10-2-4-12(18)5-3-10/h2-5,9,11,15,18H,6-8H2,1H3. The van der Waals surface area contributed by atoms with Gasteiger partial charge in [0.25, 0.3) is 5.91 Å². The lowest BCUT2D eigenvalue weighted by Gasteiger charge is -2.37. The van der Waals surface area contributed by atoms with Crippen molar-refractivity contribution in [3.63, 3.8) is 0 Å². The van der Waals surface area contributed by atoms with Gasteiger partial charge in [-0.25, -0.2) is 0 Å². The van der Waals surface area contributed by atoms with Gasteiger partial charge in [0, 0.05) is 17.0 Å². The number of hydrogen-bond acceptors (Lipinski definition) is 4. The van der Waals surface area contributed by atoms with Crippen molar-refractivity contribution >= 4 is 18.5 Å². The number of amides is 1. The van der Waals surface area contributed by atoms with Crippen LogP contribution in [-0.2, 0) is 4.74 Å². The van der Waals surface area contributed by atoms with Crippen LogP contribution in [0, 0.1) is 0 Å². The molecular weight excluding hydrogens is 250 g/mol. The minimum atomic E-state index is -0.283. The summed E-state index contributed by atoms with van der Waals surface area (Å²) in [6.07, 6.45) is -0.283. The molecule has 4 nitrogen and oxygen atoms in total. The molecule has 2 rings (SSSR count). The molecule has 2 atom stereocenters. The Morgan fingerprint density at radius 3 is 2.78 bits per heavy atom. The van der Waals surface area contributed by atoms with Crippen LogP contribution in [0.5, 0.6) is 0 Å². The molecule has 1 heterocycles. The average molecular weight is 267 g/mol. The first-order valence-electron chi connectivity index (χ1n) is 5.94. The zero-order valence-electron chi connectivity index (χ0n) is 10.2. The van der Waals surface area contributed by atoms with E-state index in [4.69, 9.17) is 9.84 Å². The number of aliphatic hydroxyl groups is 1. The number of thiol groups is 1. The van der Waals surface area contributed by atoms with Gasteiger partial charge in [-0.1, -0.05) is 0 Å². The Hall–Kier alpha value is -1.04. The monoisotopic (exact) mass is 267 g/mol. The van der Waals surface area contributed by atoms with Crippen LogP contribution < -0.4 is 0 Å². The highest BCUT2D eigenvalue weighted by Crippen LogP contribution is 2.16. The summed E-state index contributed by atoms with van der Waals surface area (Å²) in [5.41, 5.74) is 0.637. The van der Waals surface area contributed by atoms with Crippen molar-refractivity contribution in [1.82, 2.24) is 4.90 Å². The van der Waals surface area contributed by atoms with Crippen molar-refractivity contribution < 1.29 is 14.6 Å². The Morgan fingerprint density at radius 1 is 1.50 bits per heavy atom. The predicted molar refractivity (Wildman–Crippen MR) is 71.0 cm³/mol. The van der Waals surface area contributed by atoms with Crippen molar-refractivity contribution in [1.29, 1.82) is 0 Å².